The summed E-state index contributed by atoms with van der Waals surface area (Å²) in [5.41, 5.74) is 1.90. The molecule has 0 saturated heterocycles. The zero-order valence-corrected chi connectivity index (χ0v) is 10.7. The van der Waals surface area contributed by atoms with Gasteiger partial charge in [-0.25, -0.2) is 0 Å². The van der Waals surface area contributed by atoms with Gasteiger partial charge < -0.3 is 5.11 Å². The van der Waals surface area contributed by atoms with Crippen LogP contribution >= 0.6 is 0 Å². The molecular weight excluding hydrogens is 196 g/mol. The lowest BCUT2D eigenvalue weighted by atomic mass is 10.0. The molecule has 1 rings (SSSR count). The third kappa shape index (κ3) is 5.40. The van der Waals surface area contributed by atoms with Gasteiger partial charge in [-0.05, 0) is 36.1 Å². The number of hydrogen-bond donors (Lipinski definition) is 1. The fourth-order valence-corrected chi connectivity index (χ4v) is 1.23. The fraction of sp³-hybridized carbons (Fsp3) is 0.333. The Bertz CT molecular complexity index is 340. The predicted molar refractivity (Wildman–Crippen MR) is 72.4 cm³/mol. The van der Waals surface area contributed by atoms with Gasteiger partial charge in [-0.2, -0.15) is 0 Å². The van der Waals surface area contributed by atoms with Crippen LogP contribution in [0, 0.1) is 5.92 Å². The van der Waals surface area contributed by atoms with Crippen LogP contribution in [0.25, 0.3) is 0 Å². The summed E-state index contributed by atoms with van der Waals surface area (Å²) in [6.07, 6.45) is 11.4. The summed E-state index contributed by atoms with van der Waals surface area (Å²) in [6.45, 7) is 11.9. The molecule has 1 atom stereocenters. The SMILES string of the molecule is C=C1/C=C\C=C/C(C)/C=C(O)\C=C/1C.CC. The lowest BCUT2D eigenvalue weighted by Gasteiger charge is -2.04. The van der Waals surface area contributed by atoms with E-state index in [1.165, 1.54) is 0 Å². The van der Waals surface area contributed by atoms with E-state index in [1.807, 2.05) is 58.1 Å². The second kappa shape index (κ2) is 7.75. The Morgan fingerprint density at radius 3 is 2.50 bits per heavy atom. The summed E-state index contributed by atoms with van der Waals surface area (Å²) in [5, 5.41) is 9.58. The van der Waals surface area contributed by atoms with Gasteiger partial charge in [-0.15, -0.1) is 0 Å². The van der Waals surface area contributed by atoms with Gasteiger partial charge in [0.15, 0.2) is 0 Å². The zero-order valence-electron chi connectivity index (χ0n) is 10.7. The van der Waals surface area contributed by atoms with Crippen molar-refractivity contribution >= 4 is 0 Å². The van der Waals surface area contributed by atoms with E-state index >= 15 is 0 Å². The molecule has 1 N–H and O–H groups in total. The Balaban J connectivity index is 0.00000106. The second-order valence-corrected chi connectivity index (χ2v) is 3.55. The van der Waals surface area contributed by atoms with Crippen LogP contribution in [0.1, 0.15) is 27.7 Å². The minimum atomic E-state index is 0.245. The van der Waals surface area contributed by atoms with Crippen molar-refractivity contribution in [2.75, 3.05) is 0 Å². The summed E-state index contributed by atoms with van der Waals surface area (Å²) >= 11 is 0. The van der Waals surface area contributed by atoms with Gasteiger partial charge >= 0.3 is 0 Å². The van der Waals surface area contributed by atoms with Crippen molar-refractivity contribution in [3.8, 4) is 0 Å². The van der Waals surface area contributed by atoms with Gasteiger partial charge in [0.05, 0.1) is 0 Å². The van der Waals surface area contributed by atoms with Gasteiger partial charge in [0, 0.05) is 0 Å². The first-order valence-electron chi connectivity index (χ1n) is 5.73. The molecule has 0 aromatic rings. The number of allylic oxidation sites excluding steroid dienone is 8. The third-order valence-corrected chi connectivity index (χ3v) is 2.13. The highest BCUT2D eigenvalue weighted by atomic mass is 16.3. The minimum absolute atomic E-state index is 0.245. The molecule has 1 aliphatic carbocycles. The van der Waals surface area contributed by atoms with Crippen molar-refractivity contribution < 1.29 is 5.11 Å². The first-order valence-corrected chi connectivity index (χ1v) is 5.73. The van der Waals surface area contributed by atoms with Crippen molar-refractivity contribution in [1.29, 1.82) is 0 Å². The number of rotatable bonds is 0. The number of aliphatic hydroxyl groups is 1. The standard InChI is InChI=1S/C13H16O.C2H6/c1-10-6-4-5-7-11(2)12(3)9-13(14)8-10;1-2/h4-10,14H,2H2,1,3H3;1-2H3/b6-4-,7-5-,12-9-,13-8+;. The van der Waals surface area contributed by atoms with E-state index in [2.05, 4.69) is 6.58 Å². The van der Waals surface area contributed by atoms with Crippen molar-refractivity contribution in [2.45, 2.75) is 27.7 Å². The summed E-state index contributed by atoms with van der Waals surface area (Å²) in [7, 11) is 0. The normalized spacial score (nSPS) is 31.0. The van der Waals surface area contributed by atoms with E-state index < -0.39 is 0 Å². The summed E-state index contributed by atoms with van der Waals surface area (Å²) in [5.74, 6) is 0.547. The fourth-order valence-electron chi connectivity index (χ4n) is 1.23. The lowest BCUT2D eigenvalue weighted by Crippen LogP contribution is -1.89. The van der Waals surface area contributed by atoms with E-state index in [4.69, 9.17) is 0 Å². The van der Waals surface area contributed by atoms with Gasteiger partial charge in [-0.1, -0.05) is 51.7 Å². The van der Waals surface area contributed by atoms with E-state index in [1.54, 1.807) is 6.08 Å². The van der Waals surface area contributed by atoms with Gasteiger partial charge in [0.1, 0.15) is 5.76 Å². The maximum absolute atomic E-state index is 9.58. The molecular formula is C15H22O. The van der Waals surface area contributed by atoms with Crippen LogP contribution in [-0.2, 0) is 0 Å². The molecule has 1 nitrogen and oxygen atoms in total. The minimum Gasteiger partial charge on any atom is -0.508 e. The number of hydrogen-bond acceptors (Lipinski definition) is 1. The highest BCUT2D eigenvalue weighted by Gasteiger charge is 1.98. The topological polar surface area (TPSA) is 20.2 Å². The largest absolute Gasteiger partial charge is 0.508 e. The van der Waals surface area contributed by atoms with Gasteiger partial charge in [0.2, 0.25) is 0 Å². The molecule has 0 aromatic heterocycles. The molecule has 0 bridgehead atoms. The van der Waals surface area contributed by atoms with Crippen LogP contribution < -0.4 is 0 Å². The monoisotopic (exact) mass is 218 g/mol. The third-order valence-electron chi connectivity index (χ3n) is 2.13. The highest BCUT2D eigenvalue weighted by Crippen LogP contribution is 2.14. The van der Waals surface area contributed by atoms with Gasteiger partial charge in [-0.3, -0.25) is 0 Å². The maximum atomic E-state index is 9.58. The van der Waals surface area contributed by atoms with Crippen molar-refractivity contribution in [3.63, 3.8) is 0 Å². The van der Waals surface area contributed by atoms with Crippen LogP contribution in [0.15, 0.2) is 59.9 Å². The van der Waals surface area contributed by atoms with Crippen molar-refractivity contribution in [1.82, 2.24) is 0 Å². The molecule has 1 aliphatic rings. The molecule has 0 amide bonds. The Morgan fingerprint density at radius 2 is 1.88 bits per heavy atom. The predicted octanol–water partition coefficient (Wildman–Crippen LogP) is 4.72. The van der Waals surface area contributed by atoms with E-state index in [0.717, 1.165) is 11.1 Å². The molecule has 88 valence electrons. The first kappa shape index (κ1) is 14.5. The van der Waals surface area contributed by atoms with E-state index in [9.17, 15) is 5.11 Å². The van der Waals surface area contributed by atoms with Crippen molar-refractivity contribution in [2.24, 2.45) is 5.92 Å². The Labute approximate surface area is 99.2 Å². The molecule has 1 unspecified atom stereocenters. The van der Waals surface area contributed by atoms with Crippen LogP contribution in [0.2, 0.25) is 0 Å². The van der Waals surface area contributed by atoms with Crippen LogP contribution in [0.4, 0.5) is 0 Å². The Morgan fingerprint density at radius 1 is 1.25 bits per heavy atom. The van der Waals surface area contributed by atoms with Crippen LogP contribution in [0.5, 0.6) is 0 Å². The van der Waals surface area contributed by atoms with Crippen molar-refractivity contribution in [3.05, 3.63) is 59.9 Å². The average Bonchev–Trinajstić information content (AvgIpc) is 2.25. The molecule has 0 radical (unpaired) electrons. The molecule has 0 fully saturated rings. The van der Waals surface area contributed by atoms with Crippen LogP contribution in [0.3, 0.4) is 0 Å². The molecule has 0 aliphatic heterocycles. The number of aliphatic hydroxyl groups excluding tert-OH is 1. The summed E-state index contributed by atoms with van der Waals surface area (Å²) < 4.78 is 0. The summed E-state index contributed by atoms with van der Waals surface area (Å²) in [4.78, 5) is 0. The molecule has 16 heavy (non-hydrogen) atoms. The zero-order chi connectivity index (χ0) is 12.6. The Kier molecular flexibility index (Phi) is 7.02. The van der Waals surface area contributed by atoms with E-state index in [-0.39, 0.29) is 5.92 Å². The smallest absolute Gasteiger partial charge is 0.112 e. The summed E-state index contributed by atoms with van der Waals surface area (Å²) in [6, 6.07) is 0. The Hall–Kier alpha value is -1.50. The molecule has 1 heteroatoms. The maximum Gasteiger partial charge on any atom is 0.112 e. The first-order chi connectivity index (χ1) is 7.59. The van der Waals surface area contributed by atoms with Crippen LogP contribution in [-0.4, -0.2) is 5.11 Å². The van der Waals surface area contributed by atoms with E-state index in [0.29, 0.717) is 5.76 Å². The quantitative estimate of drug-likeness (QED) is 0.623. The molecule has 0 saturated carbocycles. The van der Waals surface area contributed by atoms with Gasteiger partial charge in [0.25, 0.3) is 0 Å². The molecule has 0 aromatic carbocycles. The average molecular weight is 218 g/mol. The molecule has 0 spiro atoms. The highest BCUT2D eigenvalue weighted by molar-refractivity contribution is 5.40. The lowest BCUT2D eigenvalue weighted by molar-refractivity contribution is 0.426. The second-order valence-electron chi connectivity index (χ2n) is 3.55. The molecule has 0 heterocycles.